The molecule has 9 heteroatoms. The standard InChI is InChI=1S/C5H6F6O3/c1-12-3(6,7)4(8,9)14-5(10,11)13-2/h1-2H3. The molecule has 0 aromatic carbocycles. The van der Waals surface area contributed by atoms with Gasteiger partial charge in [0, 0.05) is 14.2 Å². The topological polar surface area (TPSA) is 27.7 Å². The molecule has 0 fully saturated rings. The molecule has 0 aromatic rings. The summed E-state index contributed by atoms with van der Waals surface area (Å²) in [7, 11) is 0.517. The second-order valence-electron chi connectivity index (χ2n) is 2.01. The van der Waals surface area contributed by atoms with Crippen molar-refractivity contribution in [3.05, 3.63) is 0 Å². The van der Waals surface area contributed by atoms with E-state index in [0.29, 0.717) is 7.11 Å². The number of hydrogen-bond donors (Lipinski definition) is 0. The van der Waals surface area contributed by atoms with Crippen LogP contribution in [-0.4, -0.2) is 32.7 Å². The third-order valence-corrected chi connectivity index (χ3v) is 1.08. The van der Waals surface area contributed by atoms with Gasteiger partial charge in [0.2, 0.25) is 0 Å². The summed E-state index contributed by atoms with van der Waals surface area (Å²) in [4.78, 5) is 0. The third kappa shape index (κ3) is 3.00. The predicted molar refractivity (Wildman–Crippen MR) is 29.9 cm³/mol. The van der Waals surface area contributed by atoms with E-state index in [-0.39, 0.29) is 7.11 Å². The molecule has 0 N–H and O–H groups in total. The zero-order chi connectivity index (χ0) is 11.6. The van der Waals surface area contributed by atoms with Crippen molar-refractivity contribution in [3.63, 3.8) is 0 Å². The lowest BCUT2D eigenvalue weighted by Crippen LogP contribution is -2.48. The highest BCUT2D eigenvalue weighted by atomic mass is 19.3. The maximum atomic E-state index is 12.2. The Labute approximate surface area is 74.5 Å². The maximum Gasteiger partial charge on any atom is 0.490 e. The van der Waals surface area contributed by atoms with Crippen molar-refractivity contribution in [2.24, 2.45) is 0 Å². The Hall–Kier alpha value is -0.540. The first-order chi connectivity index (χ1) is 6.08. The Kier molecular flexibility index (Phi) is 3.76. The first kappa shape index (κ1) is 13.5. The molecule has 0 aliphatic carbocycles. The van der Waals surface area contributed by atoms with Gasteiger partial charge in [-0.2, -0.15) is 17.6 Å². The van der Waals surface area contributed by atoms with E-state index in [0.717, 1.165) is 0 Å². The number of hydrogen-bond acceptors (Lipinski definition) is 3. The molecule has 0 spiro atoms. The molecule has 0 amide bonds. The van der Waals surface area contributed by atoms with E-state index in [9.17, 15) is 26.3 Å². The van der Waals surface area contributed by atoms with Crippen LogP contribution in [0.2, 0.25) is 0 Å². The fourth-order valence-corrected chi connectivity index (χ4v) is 0.369. The number of halogens is 6. The van der Waals surface area contributed by atoms with Crippen LogP contribution >= 0.6 is 0 Å². The molecule has 86 valence electrons. The van der Waals surface area contributed by atoms with Crippen LogP contribution < -0.4 is 0 Å². The second kappa shape index (κ2) is 3.91. The van der Waals surface area contributed by atoms with Gasteiger partial charge in [-0.25, -0.2) is 4.74 Å². The summed E-state index contributed by atoms with van der Waals surface area (Å²) in [5.74, 6) is 0. The lowest BCUT2D eigenvalue weighted by molar-refractivity contribution is -0.521. The van der Waals surface area contributed by atoms with Gasteiger partial charge in [-0.05, 0) is 0 Å². The molecular weight excluding hydrogens is 222 g/mol. The molecule has 0 saturated heterocycles. The van der Waals surface area contributed by atoms with Gasteiger partial charge < -0.3 is 4.74 Å². The minimum Gasteiger partial charge on any atom is -0.317 e. The zero-order valence-corrected chi connectivity index (χ0v) is 6.99. The smallest absolute Gasteiger partial charge is 0.317 e. The van der Waals surface area contributed by atoms with Gasteiger partial charge in [0.15, 0.2) is 0 Å². The molecule has 0 atom stereocenters. The van der Waals surface area contributed by atoms with E-state index >= 15 is 0 Å². The molecule has 0 aromatic heterocycles. The highest BCUT2D eigenvalue weighted by Crippen LogP contribution is 2.39. The van der Waals surface area contributed by atoms with Crippen molar-refractivity contribution >= 4 is 0 Å². The summed E-state index contributed by atoms with van der Waals surface area (Å²) in [5.41, 5.74) is 0. The molecule has 0 aliphatic rings. The van der Waals surface area contributed by atoms with Crippen molar-refractivity contribution in [1.82, 2.24) is 0 Å². The Morgan fingerprint density at radius 2 is 1.14 bits per heavy atom. The SMILES string of the molecule is COC(F)(F)OC(F)(F)C(F)(F)OC. The van der Waals surface area contributed by atoms with Crippen molar-refractivity contribution in [2.75, 3.05) is 14.2 Å². The summed E-state index contributed by atoms with van der Waals surface area (Å²) in [5, 5.41) is 0. The highest BCUT2D eigenvalue weighted by Gasteiger charge is 2.64. The minimum absolute atomic E-state index is 0.211. The van der Waals surface area contributed by atoms with Crippen molar-refractivity contribution in [2.45, 2.75) is 18.5 Å². The molecule has 0 aliphatic heterocycles. The number of methoxy groups -OCH3 is 2. The van der Waals surface area contributed by atoms with Crippen LogP contribution in [0, 0.1) is 0 Å². The van der Waals surface area contributed by atoms with E-state index in [4.69, 9.17) is 0 Å². The van der Waals surface area contributed by atoms with Crippen LogP contribution in [-0.2, 0) is 14.2 Å². The van der Waals surface area contributed by atoms with Crippen LogP contribution in [0.15, 0.2) is 0 Å². The monoisotopic (exact) mass is 228 g/mol. The Balaban J connectivity index is 4.64. The lowest BCUT2D eigenvalue weighted by Gasteiger charge is -2.26. The molecule has 0 heterocycles. The Morgan fingerprint density at radius 1 is 0.714 bits per heavy atom. The highest BCUT2D eigenvalue weighted by molar-refractivity contribution is 4.66. The molecule has 14 heavy (non-hydrogen) atoms. The van der Waals surface area contributed by atoms with E-state index < -0.39 is 18.5 Å². The van der Waals surface area contributed by atoms with Crippen molar-refractivity contribution < 1.29 is 40.6 Å². The molecular formula is C5H6F6O3. The summed E-state index contributed by atoms with van der Waals surface area (Å²) >= 11 is 0. The number of ether oxygens (including phenoxy) is 3. The van der Waals surface area contributed by atoms with Crippen molar-refractivity contribution in [3.8, 4) is 0 Å². The van der Waals surface area contributed by atoms with Crippen molar-refractivity contribution in [1.29, 1.82) is 0 Å². The normalized spacial score (nSPS) is 14.6. The van der Waals surface area contributed by atoms with E-state index in [1.807, 2.05) is 0 Å². The van der Waals surface area contributed by atoms with Gasteiger partial charge >= 0.3 is 18.5 Å². The minimum atomic E-state index is -5.50. The third-order valence-electron chi connectivity index (χ3n) is 1.08. The Morgan fingerprint density at radius 3 is 1.43 bits per heavy atom. The molecule has 0 radical (unpaired) electrons. The molecule has 0 bridgehead atoms. The van der Waals surface area contributed by atoms with Crippen LogP contribution in [0.3, 0.4) is 0 Å². The number of rotatable bonds is 5. The first-order valence-electron chi connectivity index (χ1n) is 3.02. The van der Waals surface area contributed by atoms with Gasteiger partial charge in [0.1, 0.15) is 0 Å². The second-order valence-corrected chi connectivity index (χ2v) is 2.01. The molecule has 3 nitrogen and oxygen atoms in total. The van der Waals surface area contributed by atoms with Gasteiger partial charge in [-0.15, -0.1) is 8.78 Å². The average molecular weight is 228 g/mol. The predicted octanol–water partition coefficient (Wildman–Crippen LogP) is 2.03. The maximum absolute atomic E-state index is 12.2. The van der Waals surface area contributed by atoms with Crippen LogP contribution in [0.5, 0.6) is 0 Å². The van der Waals surface area contributed by atoms with Gasteiger partial charge in [0.05, 0.1) is 0 Å². The summed E-state index contributed by atoms with van der Waals surface area (Å²) in [6.45, 7) is 0. The number of alkyl halides is 6. The van der Waals surface area contributed by atoms with E-state index in [2.05, 4.69) is 14.2 Å². The molecule has 0 rings (SSSR count). The van der Waals surface area contributed by atoms with Gasteiger partial charge in [-0.3, -0.25) is 4.74 Å². The van der Waals surface area contributed by atoms with E-state index in [1.54, 1.807) is 0 Å². The lowest BCUT2D eigenvalue weighted by atomic mass is 10.6. The van der Waals surface area contributed by atoms with Gasteiger partial charge in [0.25, 0.3) is 0 Å². The summed E-state index contributed by atoms with van der Waals surface area (Å²) < 4.78 is 81.2. The van der Waals surface area contributed by atoms with Gasteiger partial charge in [-0.1, -0.05) is 0 Å². The quantitative estimate of drug-likeness (QED) is 0.532. The molecule has 0 unspecified atom stereocenters. The Bertz CT molecular complexity index is 194. The first-order valence-corrected chi connectivity index (χ1v) is 3.02. The van der Waals surface area contributed by atoms with Crippen LogP contribution in [0.25, 0.3) is 0 Å². The fraction of sp³-hybridized carbons (Fsp3) is 1.00. The van der Waals surface area contributed by atoms with Crippen LogP contribution in [0.4, 0.5) is 26.3 Å². The zero-order valence-electron chi connectivity index (χ0n) is 6.99. The summed E-state index contributed by atoms with van der Waals surface area (Å²) in [6, 6.07) is 0. The fourth-order valence-electron chi connectivity index (χ4n) is 0.369. The molecule has 0 saturated carbocycles. The summed E-state index contributed by atoms with van der Waals surface area (Å²) in [6.07, 6.45) is -15.5. The van der Waals surface area contributed by atoms with Crippen LogP contribution in [0.1, 0.15) is 0 Å². The van der Waals surface area contributed by atoms with E-state index in [1.165, 1.54) is 0 Å². The largest absolute Gasteiger partial charge is 0.490 e. The average Bonchev–Trinajstić information content (AvgIpc) is 2.02.